The molecule has 37 heavy (non-hydrogen) atoms. The largest absolute Gasteiger partial charge is 0.489 e. The summed E-state index contributed by atoms with van der Waals surface area (Å²) in [6, 6.07) is 6.58. The standard InChI is InChI=1S/C25H26F2N4O6/c1-13(28)21-18(11-30-22(32)17-9-16(7-8-29-17)24(33)34-2)31-23(37-21)15-5-6-19(36-25(26)27)20(10-15)35-12-14-3-4-14/h5-10,13-14,25H,3-4,11-12,28H2,1-2H3,(H,30,32). The van der Waals surface area contributed by atoms with Gasteiger partial charge in [-0.25, -0.2) is 9.78 Å². The molecular weight excluding hydrogens is 490 g/mol. The van der Waals surface area contributed by atoms with Gasteiger partial charge in [0.15, 0.2) is 11.5 Å². The molecule has 1 aliphatic rings. The molecule has 1 saturated carbocycles. The summed E-state index contributed by atoms with van der Waals surface area (Å²) in [7, 11) is 1.24. The maximum absolute atomic E-state index is 12.8. The van der Waals surface area contributed by atoms with Crippen molar-refractivity contribution in [3.63, 3.8) is 0 Å². The van der Waals surface area contributed by atoms with Gasteiger partial charge in [-0.05, 0) is 56.0 Å². The van der Waals surface area contributed by atoms with Gasteiger partial charge in [0.25, 0.3) is 5.91 Å². The average molecular weight is 517 g/mol. The number of methoxy groups -OCH3 is 1. The highest BCUT2D eigenvalue weighted by atomic mass is 19.3. The van der Waals surface area contributed by atoms with Gasteiger partial charge in [0.1, 0.15) is 17.1 Å². The fourth-order valence-corrected chi connectivity index (χ4v) is 3.46. The van der Waals surface area contributed by atoms with Crippen molar-refractivity contribution >= 4 is 11.9 Å². The monoisotopic (exact) mass is 516 g/mol. The lowest BCUT2D eigenvalue weighted by molar-refractivity contribution is -0.0515. The minimum Gasteiger partial charge on any atom is -0.489 e. The van der Waals surface area contributed by atoms with Crippen molar-refractivity contribution in [2.24, 2.45) is 11.7 Å². The first-order valence-corrected chi connectivity index (χ1v) is 11.5. The lowest BCUT2D eigenvalue weighted by atomic mass is 10.2. The number of pyridine rings is 1. The highest BCUT2D eigenvalue weighted by Gasteiger charge is 2.24. The van der Waals surface area contributed by atoms with Crippen LogP contribution in [-0.4, -0.2) is 42.2 Å². The molecule has 3 aromatic rings. The van der Waals surface area contributed by atoms with Crippen molar-refractivity contribution < 1.29 is 37.0 Å². The third-order valence-corrected chi connectivity index (χ3v) is 5.55. The third kappa shape index (κ3) is 6.58. The first-order valence-electron chi connectivity index (χ1n) is 11.5. The van der Waals surface area contributed by atoms with E-state index in [1.54, 1.807) is 6.92 Å². The number of carbonyl (C=O) groups is 2. The molecule has 2 aromatic heterocycles. The normalized spacial score (nSPS) is 13.8. The molecule has 1 fully saturated rings. The van der Waals surface area contributed by atoms with Crippen LogP contribution >= 0.6 is 0 Å². The summed E-state index contributed by atoms with van der Waals surface area (Å²) in [6.45, 7) is -0.956. The summed E-state index contributed by atoms with van der Waals surface area (Å²) in [4.78, 5) is 32.8. The zero-order valence-electron chi connectivity index (χ0n) is 20.2. The second-order valence-corrected chi connectivity index (χ2v) is 8.52. The number of amides is 1. The number of nitrogens with one attached hydrogen (secondary N) is 1. The maximum Gasteiger partial charge on any atom is 0.387 e. The fourth-order valence-electron chi connectivity index (χ4n) is 3.46. The molecule has 0 spiro atoms. The number of halogens is 2. The van der Waals surface area contributed by atoms with Crippen molar-refractivity contribution in [2.75, 3.05) is 13.7 Å². The highest BCUT2D eigenvalue weighted by molar-refractivity contribution is 5.96. The summed E-state index contributed by atoms with van der Waals surface area (Å²) >= 11 is 0. The van der Waals surface area contributed by atoms with Crippen LogP contribution in [0.1, 0.15) is 58.1 Å². The molecule has 1 aromatic carbocycles. The molecule has 0 saturated heterocycles. The van der Waals surface area contributed by atoms with E-state index < -0.39 is 24.5 Å². The molecule has 0 bridgehead atoms. The lowest BCUT2D eigenvalue weighted by Crippen LogP contribution is -2.25. The number of rotatable bonds is 11. The molecule has 0 aliphatic heterocycles. The molecular formula is C25H26F2N4O6. The summed E-state index contributed by atoms with van der Waals surface area (Å²) in [5.41, 5.74) is 7.08. The topological polar surface area (TPSA) is 139 Å². The van der Waals surface area contributed by atoms with Gasteiger partial charge in [0, 0.05) is 11.8 Å². The molecule has 196 valence electrons. The molecule has 1 atom stereocenters. The minimum atomic E-state index is -3.00. The van der Waals surface area contributed by atoms with Crippen molar-refractivity contribution in [3.8, 4) is 23.0 Å². The van der Waals surface area contributed by atoms with E-state index in [2.05, 4.69) is 24.8 Å². The summed E-state index contributed by atoms with van der Waals surface area (Å²) < 4.78 is 46.5. The van der Waals surface area contributed by atoms with Crippen LogP contribution in [0.5, 0.6) is 11.5 Å². The zero-order valence-corrected chi connectivity index (χ0v) is 20.2. The van der Waals surface area contributed by atoms with Gasteiger partial charge in [-0.15, -0.1) is 0 Å². The van der Waals surface area contributed by atoms with E-state index in [1.165, 1.54) is 43.6 Å². The van der Waals surface area contributed by atoms with Gasteiger partial charge in [-0.3, -0.25) is 9.78 Å². The van der Waals surface area contributed by atoms with Gasteiger partial charge in [0.05, 0.1) is 31.9 Å². The number of alkyl halides is 2. The number of benzene rings is 1. The van der Waals surface area contributed by atoms with E-state index in [0.29, 0.717) is 29.5 Å². The van der Waals surface area contributed by atoms with Gasteiger partial charge >= 0.3 is 12.6 Å². The van der Waals surface area contributed by atoms with Crippen LogP contribution in [0, 0.1) is 5.92 Å². The highest BCUT2D eigenvalue weighted by Crippen LogP contribution is 2.37. The van der Waals surface area contributed by atoms with Crippen LogP contribution in [0.15, 0.2) is 40.9 Å². The van der Waals surface area contributed by atoms with Crippen LogP contribution < -0.4 is 20.5 Å². The number of carbonyl (C=O) groups excluding carboxylic acids is 2. The van der Waals surface area contributed by atoms with Crippen LogP contribution in [0.25, 0.3) is 11.5 Å². The third-order valence-electron chi connectivity index (χ3n) is 5.55. The van der Waals surface area contributed by atoms with Gasteiger partial charge in [0.2, 0.25) is 5.89 Å². The Hall–Kier alpha value is -4.06. The molecule has 0 radical (unpaired) electrons. The zero-order chi connectivity index (χ0) is 26.5. The van der Waals surface area contributed by atoms with Gasteiger partial charge in [-0.2, -0.15) is 8.78 Å². The Bertz CT molecular complexity index is 1280. The number of oxazole rings is 1. The smallest absolute Gasteiger partial charge is 0.387 e. The Labute approximate surface area is 211 Å². The van der Waals surface area contributed by atoms with Crippen LogP contribution in [-0.2, 0) is 11.3 Å². The molecule has 1 aliphatic carbocycles. The average Bonchev–Trinajstić information content (AvgIpc) is 3.62. The number of hydrogen-bond donors (Lipinski definition) is 2. The van der Waals surface area contributed by atoms with E-state index in [4.69, 9.17) is 14.9 Å². The maximum atomic E-state index is 12.8. The summed E-state index contributed by atoms with van der Waals surface area (Å²) in [6.07, 6.45) is 3.38. The summed E-state index contributed by atoms with van der Waals surface area (Å²) in [5.74, 6) is -0.184. The Morgan fingerprint density at radius 2 is 2.00 bits per heavy atom. The van der Waals surface area contributed by atoms with Crippen molar-refractivity contribution in [3.05, 3.63) is 59.2 Å². The second kappa shape index (κ2) is 11.3. The van der Waals surface area contributed by atoms with Crippen LogP contribution in [0.2, 0.25) is 0 Å². The van der Waals surface area contributed by atoms with E-state index in [-0.39, 0.29) is 35.2 Å². The summed E-state index contributed by atoms with van der Waals surface area (Å²) in [5, 5.41) is 2.68. The van der Waals surface area contributed by atoms with Crippen molar-refractivity contribution in [1.82, 2.24) is 15.3 Å². The van der Waals surface area contributed by atoms with E-state index in [0.717, 1.165) is 12.8 Å². The number of hydrogen-bond acceptors (Lipinski definition) is 9. The van der Waals surface area contributed by atoms with Crippen LogP contribution in [0.4, 0.5) is 8.78 Å². The van der Waals surface area contributed by atoms with E-state index in [9.17, 15) is 18.4 Å². The lowest BCUT2D eigenvalue weighted by Gasteiger charge is -2.12. The molecule has 1 amide bonds. The van der Waals surface area contributed by atoms with Gasteiger partial charge < -0.3 is 29.7 Å². The predicted octanol–water partition coefficient (Wildman–Crippen LogP) is 3.86. The molecule has 2 heterocycles. The SMILES string of the molecule is COC(=O)c1ccnc(C(=O)NCc2nc(-c3ccc(OC(F)F)c(OCC4CC4)c3)oc2C(C)N)c1. The Morgan fingerprint density at radius 3 is 2.68 bits per heavy atom. The van der Waals surface area contributed by atoms with Crippen LogP contribution in [0.3, 0.4) is 0 Å². The van der Waals surface area contributed by atoms with Crippen molar-refractivity contribution in [2.45, 2.75) is 39.0 Å². The second-order valence-electron chi connectivity index (χ2n) is 8.52. The first kappa shape index (κ1) is 26.0. The Kier molecular flexibility index (Phi) is 7.97. The molecule has 10 nitrogen and oxygen atoms in total. The Balaban J connectivity index is 1.54. The molecule has 4 rings (SSSR count). The van der Waals surface area contributed by atoms with E-state index in [1.807, 2.05) is 0 Å². The molecule has 3 N–H and O–H groups in total. The number of aromatic nitrogens is 2. The predicted molar refractivity (Wildman–Crippen MR) is 126 cm³/mol. The Morgan fingerprint density at radius 1 is 1.22 bits per heavy atom. The van der Waals surface area contributed by atoms with Gasteiger partial charge in [-0.1, -0.05) is 0 Å². The quantitative estimate of drug-likeness (QED) is 0.364. The number of esters is 1. The minimum absolute atomic E-state index is 0.0148. The number of ether oxygens (including phenoxy) is 3. The van der Waals surface area contributed by atoms with E-state index >= 15 is 0 Å². The number of nitrogens with two attached hydrogens (primary N) is 1. The molecule has 1 unspecified atom stereocenters. The first-order chi connectivity index (χ1) is 17.7. The number of nitrogens with zero attached hydrogens (tertiary/aromatic N) is 2. The van der Waals surface area contributed by atoms with Crippen molar-refractivity contribution in [1.29, 1.82) is 0 Å². The molecule has 12 heteroatoms. The fraction of sp³-hybridized carbons (Fsp3) is 0.360.